The maximum atomic E-state index is 12.5. The Hall–Kier alpha value is -3.28. The minimum absolute atomic E-state index is 0.0747. The number of carboxylic acid groups (broad SMARTS) is 1. The molecule has 2 rings (SSSR count). The summed E-state index contributed by atoms with van der Waals surface area (Å²) in [6, 6.07) is 0. The molecule has 0 aromatic carbocycles. The van der Waals surface area contributed by atoms with Crippen molar-refractivity contribution in [1.82, 2.24) is 0 Å². The molecule has 0 aliphatic carbocycles. The highest BCUT2D eigenvalue weighted by molar-refractivity contribution is 5.71. The van der Waals surface area contributed by atoms with Crippen molar-refractivity contribution < 1.29 is 70.1 Å². The van der Waals surface area contributed by atoms with E-state index >= 15 is 0 Å². The summed E-state index contributed by atoms with van der Waals surface area (Å²) < 4.78 is 11.1. The molecule has 310 valence electrons. The van der Waals surface area contributed by atoms with Gasteiger partial charge in [0.2, 0.25) is 0 Å². The monoisotopic (exact) mass is 778 g/mol. The van der Waals surface area contributed by atoms with Gasteiger partial charge in [-0.05, 0) is 26.2 Å². The van der Waals surface area contributed by atoms with Crippen LogP contribution in [0.2, 0.25) is 0 Å². The number of cyclic esters (lactones) is 1. The van der Waals surface area contributed by atoms with Gasteiger partial charge in [0.25, 0.3) is 0 Å². The summed E-state index contributed by atoms with van der Waals surface area (Å²) in [5.74, 6) is -6.50. The average Bonchev–Trinajstić information content (AvgIpc) is 3.08. The molecule has 2 heterocycles. The van der Waals surface area contributed by atoms with Crippen molar-refractivity contribution in [3.05, 3.63) is 85.1 Å². The molecule has 55 heavy (non-hydrogen) atoms. The number of ether oxygens (including phenoxy) is 2. The van der Waals surface area contributed by atoms with Crippen molar-refractivity contribution >= 4 is 11.9 Å². The second kappa shape index (κ2) is 24.4. The number of hydrogen-bond acceptors (Lipinski definition) is 13. The molecule has 1 fully saturated rings. The molecule has 2 aliphatic rings. The van der Waals surface area contributed by atoms with Crippen molar-refractivity contribution in [2.75, 3.05) is 0 Å². The number of carbonyl (C=O) groups is 2. The number of carbonyl (C=O) groups excluding carboxylic acids is 1. The maximum Gasteiger partial charge on any atom is 0.311 e. The second-order valence-electron chi connectivity index (χ2n) is 14.7. The van der Waals surface area contributed by atoms with Crippen LogP contribution in [0.15, 0.2) is 85.1 Å². The average molecular weight is 779 g/mol. The molecule has 10 N–H and O–H groups in total. The van der Waals surface area contributed by atoms with Crippen LogP contribution < -0.4 is 0 Å². The Kier molecular flexibility index (Phi) is 21.2. The minimum Gasteiger partial charge on any atom is -0.481 e. The number of carboxylic acids is 1. The first-order chi connectivity index (χ1) is 25.9. The predicted octanol–water partition coefficient (Wildman–Crippen LogP) is 1.89. The summed E-state index contributed by atoms with van der Waals surface area (Å²) in [4.78, 5) is 24.5. The van der Waals surface area contributed by atoms with Gasteiger partial charge in [0.05, 0.1) is 61.4 Å². The number of allylic oxidation sites excluding steroid dienone is 12. The fourth-order valence-corrected chi connectivity index (χ4v) is 6.53. The quantitative estimate of drug-likeness (QED) is 0.171. The number of fused-ring (bicyclic) bond motifs is 2. The standard InChI is InChI=1S/C41H62O14/c1-26-16-14-12-10-8-6-4-5-7-9-11-13-15-17-29(42)22-36-38(40(51)52)35(48)25-41(53,55-36)24-32(45)21-34(47)33(46)19-18-30(43)20-31(44)23-37(49)54-28(3)27(2)39(26)50/h4-17,26-36,38-39,42-48,50,53H,18-25H2,1-3H3,(H,51,52). The van der Waals surface area contributed by atoms with Gasteiger partial charge in [0.1, 0.15) is 12.0 Å². The predicted molar refractivity (Wildman–Crippen MR) is 204 cm³/mol. The second-order valence-corrected chi connectivity index (χ2v) is 14.7. The van der Waals surface area contributed by atoms with Gasteiger partial charge in [-0.15, -0.1) is 0 Å². The molecule has 2 aliphatic heterocycles. The van der Waals surface area contributed by atoms with Crippen molar-refractivity contribution in [1.29, 1.82) is 0 Å². The number of hydrogen-bond donors (Lipinski definition) is 10. The molecule has 0 aromatic heterocycles. The Labute approximate surface area is 323 Å². The van der Waals surface area contributed by atoms with Gasteiger partial charge in [0, 0.05) is 37.5 Å². The molecule has 0 saturated carbocycles. The number of rotatable bonds is 1. The van der Waals surface area contributed by atoms with Crippen LogP contribution in [0.25, 0.3) is 0 Å². The maximum absolute atomic E-state index is 12.5. The third-order valence-corrected chi connectivity index (χ3v) is 9.83. The summed E-state index contributed by atoms with van der Waals surface area (Å²) in [6.45, 7) is 5.24. The molecule has 14 unspecified atom stereocenters. The molecule has 0 radical (unpaired) electrons. The SMILES string of the molecule is CC1C=CC=CC=CC=CC=CC=CC=CC(O)CC2OC(O)(CC(O)CC(O)C(O)CCC(O)CC(O)CC(=O)OC(C)C(C)C1O)CC(O)C2C(=O)O. The lowest BCUT2D eigenvalue weighted by Gasteiger charge is -2.44. The highest BCUT2D eigenvalue weighted by Crippen LogP contribution is 2.37. The van der Waals surface area contributed by atoms with Gasteiger partial charge < -0.3 is 60.5 Å². The van der Waals surface area contributed by atoms with Crippen LogP contribution in [0.4, 0.5) is 0 Å². The molecule has 14 nitrogen and oxygen atoms in total. The fraction of sp³-hybridized carbons (Fsp3) is 0.610. The number of esters is 1. The van der Waals surface area contributed by atoms with Crippen LogP contribution >= 0.6 is 0 Å². The lowest BCUT2D eigenvalue weighted by molar-refractivity contribution is -0.300. The molecule has 0 amide bonds. The van der Waals surface area contributed by atoms with Gasteiger partial charge in [0.15, 0.2) is 5.79 Å². The van der Waals surface area contributed by atoms with E-state index in [2.05, 4.69) is 0 Å². The number of aliphatic hydroxyl groups excluding tert-OH is 8. The lowest BCUT2D eigenvalue weighted by atomic mass is 9.82. The van der Waals surface area contributed by atoms with Gasteiger partial charge in [-0.25, -0.2) is 0 Å². The highest BCUT2D eigenvalue weighted by Gasteiger charge is 2.50. The van der Waals surface area contributed by atoms with Crippen LogP contribution in [-0.4, -0.2) is 130 Å². The minimum atomic E-state index is -2.22. The van der Waals surface area contributed by atoms with Gasteiger partial charge in [-0.1, -0.05) is 98.9 Å². The third kappa shape index (κ3) is 18.0. The molecule has 1 saturated heterocycles. The Balaban J connectivity index is 2.18. The van der Waals surface area contributed by atoms with Gasteiger partial charge >= 0.3 is 11.9 Å². The Morgan fingerprint density at radius 1 is 0.655 bits per heavy atom. The van der Waals surface area contributed by atoms with E-state index in [1.165, 1.54) is 6.08 Å². The number of aliphatic hydroxyl groups is 9. The zero-order chi connectivity index (χ0) is 41.1. The van der Waals surface area contributed by atoms with E-state index in [1.807, 2.05) is 43.4 Å². The van der Waals surface area contributed by atoms with Crippen molar-refractivity contribution in [3.63, 3.8) is 0 Å². The van der Waals surface area contributed by atoms with Gasteiger partial charge in [-0.3, -0.25) is 9.59 Å². The van der Waals surface area contributed by atoms with E-state index in [1.54, 1.807) is 56.4 Å². The third-order valence-electron chi connectivity index (χ3n) is 9.83. The van der Waals surface area contributed by atoms with E-state index < -0.39 is 116 Å². The lowest BCUT2D eigenvalue weighted by Crippen LogP contribution is -2.56. The zero-order valence-corrected chi connectivity index (χ0v) is 31.9. The Morgan fingerprint density at radius 2 is 1.20 bits per heavy atom. The van der Waals surface area contributed by atoms with Crippen molar-refractivity contribution in [3.8, 4) is 0 Å². The first-order valence-corrected chi connectivity index (χ1v) is 18.9. The molecular formula is C41H62O14. The van der Waals surface area contributed by atoms with Crippen LogP contribution in [-0.2, 0) is 19.1 Å². The topological polar surface area (TPSA) is 255 Å². The van der Waals surface area contributed by atoms with Crippen LogP contribution in [0.5, 0.6) is 0 Å². The zero-order valence-electron chi connectivity index (χ0n) is 31.9. The summed E-state index contributed by atoms with van der Waals surface area (Å²) in [7, 11) is 0. The smallest absolute Gasteiger partial charge is 0.311 e. The first kappa shape index (κ1) is 47.9. The van der Waals surface area contributed by atoms with Crippen LogP contribution in [0, 0.1) is 17.8 Å². The fourth-order valence-electron chi connectivity index (χ4n) is 6.53. The normalized spacial score (nSPS) is 39.1. The van der Waals surface area contributed by atoms with Gasteiger partial charge in [-0.2, -0.15) is 0 Å². The molecular weight excluding hydrogens is 716 g/mol. The molecule has 14 heteroatoms. The first-order valence-electron chi connectivity index (χ1n) is 18.9. The molecule has 0 spiro atoms. The van der Waals surface area contributed by atoms with E-state index in [4.69, 9.17) is 9.47 Å². The summed E-state index contributed by atoms with van der Waals surface area (Å²) in [5, 5.41) is 105. The van der Waals surface area contributed by atoms with Crippen LogP contribution in [0.1, 0.15) is 72.1 Å². The Bertz CT molecular complexity index is 1370. The molecule has 14 atom stereocenters. The van der Waals surface area contributed by atoms with Crippen molar-refractivity contribution in [2.45, 2.75) is 139 Å². The van der Waals surface area contributed by atoms with Crippen LogP contribution in [0.3, 0.4) is 0 Å². The van der Waals surface area contributed by atoms with E-state index in [-0.39, 0.29) is 31.6 Å². The van der Waals surface area contributed by atoms with Crippen molar-refractivity contribution in [2.24, 2.45) is 17.8 Å². The van der Waals surface area contributed by atoms with E-state index in [9.17, 15) is 60.7 Å². The summed E-state index contributed by atoms with van der Waals surface area (Å²) in [5.41, 5.74) is 0. The summed E-state index contributed by atoms with van der Waals surface area (Å²) in [6.07, 6.45) is 9.09. The largest absolute Gasteiger partial charge is 0.481 e. The highest BCUT2D eigenvalue weighted by atomic mass is 16.6. The molecule has 0 aromatic rings. The van der Waals surface area contributed by atoms with E-state index in [0.29, 0.717) is 0 Å². The number of aliphatic carboxylic acids is 1. The Morgan fingerprint density at radius 3 is 1.76 bits per heavy atom. The van der Waals surface area contributed by atoms with E-state index in [0.717, 1.165) is 0 Å². The molecule has 2 bridgehead atoms. The summed E-state index contributed by atoms with van der Waals surface area (Å²) >= 11 is 0.